The molecule has 2 N–H and O–H groups in total. The third-order valence-electron chi connectivity index (χ3n) is 2.15. The van der Waals surface area contributed by atoms with Crippen LogP contribution in [0.2, 0.25) is 0 Å². The van der Waals surface area contributed by atoms with Crippen LogP contribution in [0.5, 0.6) is 0 Å². The van der Waals surface area contributed by atoms with Gasteiger partial charge in [0.2, 0.25) is 0 Å². The highest BCUT2D eigenvalue weighted by molar-refractivity contribution is 7.80. The van der Waals surface area contributed by atoms with Crippen LogP contribution in [0.25, 0.3) is 0 Å². The zero-order chi connectivity index (χ0) is 12.0. The summed E-state index contributed by atoms with van der Waals surface area (Å²) in [4.78, 5) is 0.409. The molecule has 3 nitrogen and oxygen atoms in total. The van der Waals surface area contributed by atoms with E-state index >= 15 is 0 Å². The monoisotopic (exact) mass is 239 g/mol. The molecule has 16 heavy (non-hydrogen) atoms. The van der Waals surface area contributed by atoms with Crippen molar-refractivity contribution >= 4 is 17.2 Å². The standard InChI is InChI=1S/C12H17NO2S/c1-9(7-14-2)15-8-10-4-3-5-11(6-10)12(13)16/h3-6,9H,7-8H2,1-2H3,(H2,13,16). The van der Waals surface area contributed by atoms with E-state index in [1.54, 1.807) is 7.11 Å². The first-order chi connectivity index (χ1) is 7.63. The van der Waals surface area contributed by atoms with Gasteiger partial charge in [0.05, 0.1) is 19.3 Å². The SMILES string of the molecule is COCC(C)OCc1cccc(C(N)=S)c1. The Morgan fingerprint density at radius 1 is 1.50 bits per heavy atom. The number of methoxy groups -OCH3 is 1. The quantitative estimate of drug-likeness (QED) is 0.770. The highest BCUT2D eigenvalue weighted by atomic mass is 32.1. The van der Waals surface area contributed by atoms with Gasteiger partial charge in [-0.3, -0.25) is 0 Å². The van der Waals surface area contributed by atoms with Crippen molar-refractivity contribution in [2.24, 2.45) is 5.73 Å². The molecule has 0 aromatic heterocycles. The van der Waals surface area contributed by atoms with E-state index in [0.717, 1.165) is 11.1 Å². The molecule has 0 aliphatic heterocycles. The number of benzene rings is 1. The summed E-state index contributed by atoms with van der Waals surface area (Å²) in [5.41, 5.74) is 7.49. The Hall–Kier alpha value is -0.970. The average molecular weight is 239 g/mol. The molecule has 1 unspecified atom stereocenters. The molecule has 1 rings (SSSR count). The smallest absolute Gasteiger partial charge is 0.103 e. The minimum absolute atomic E-state index is 0.0819. The molecule has 1 aromatic rings. The second kappa shape index (κ2) is 6.58. The summed E-state index contributed by atoms with van der Waals surface area (Å²) < 4.78 is 10.6. The minimum Gasteiger partial charge on any atom is -0.389 e. The van der Waals surface area contributed by atoms with Gasteiger partial charge >= 0.3 is 0 Å². The van der Waals surface area contributed by atoms with E-state index < -0.39 is 0 Å². The van der Waals surface area contributed by atoms with Crippen LogP contribution in [-0.4, -0.2) is 24.8 Å². The topological polar surface area (TPSA) is 44.5 Å². The van der Waals surface area contributed by atoms with Crippen molar-refractivity contribution in [2.45, 2.75) is 19.6 Å². The van der Waals surface area contributed by atoms with Crippen LogP contribution in [0.1, 0.15) is 18.1 Å². The summed E-state index contributed by atoms with van der Waals surface area (Å²) in [6, 6.07) is 7.75. The molecule has 4 heteroatoms. The molecule has 0 bridgehead atoms. The summed E-state index contributed by atoms with van der Waals surface area (Å²) in [6.07, 6.45) is 0.0819. The summed E-state index contributed by atoms with van der Waals surface area (Å²) in [5, 5.41) is 0. The van der Waals surface area contributed by atoms with E-state index in [1.165, 1.54) is 0 Å². The van der Waals surface area contributed by atoms with E-state index in [9.17, 15) is 0 Å². The zero-order valence-corrected chi connectivity index (χ0v) is 10.4. The molecule has 0 saturated carbocycles. The lowest BCUT2D eigenvalue weighted by atomic mass is 10.1. The van der Waals surface area contributed by atoms with Gasteiger partial charge in [-0.05, 0) is 18.6 Å². The molecule has 0 amide bonds. The van der Waals surface area contributed by atoms with E-state index in [0.29, 0.717) is 18.2 Å². The molecule has 1 atom stereocenters. The Labute approximate surface area is 102 Å². The number of rotatable bonds is 6. The number of ether oxygens (including phenoxy) is 2. The van der Waals surface area contributed by atoms with Crippen LogP contribution < -0.4 is 5.73 Å². The van der Waals surface area contributed by atoms with Gasteiger partial charge in [-0.2, -0.15) is 0 Å². The van der Waals surface area contributed by atoms with Gasteiger partial charge in [0.15, 0.2) is 0 Å². The predicted molar refractivity (Wildman–Crippen MR) is 68.5 cm³/mol. The number of nitrogens with two attached hydrogens (primary N) is 1. The van der Waals surface area contributed by atoms with Crippen molar-refractivity contribution in [3.05, 3.63) is 35.4 Å². The van der Waals surface area contributed by atoms with E-state index in [-0.39, 0.29) is 6.10 Å². The van der Waals surface area contributed by atoms with Gasteiger partial charge in [-0.25, -0.2) is 0 Å². The largest absolute Gasteiger partial charge is 0.389 e. The van der Waals surface area contributed by atoms with Crippen molar-refractivity contribution in [3.63, 3.8) is 0 Å². The maximum Gasteiger partial charge on any atom is 0.103 e. The molecule has 0 saturated heterocycles. The molecule has 1 aromatic carbocycles. The zero-order valence-electron chi connectivity index (χ0n) is 9.60. The fourth-order valence-electron chi connectivity index (χ4n) is 1.34. The average Bonchev–Trinajstić information content (AvgIpc) is 2.27. The van der Waals surface area contributed by atoms with Crippen molar-refractivity contribution in [3.8, 4) is 0 Å². The van der Waals surface area contributed by atoms with Gasteiger partial charge in [0.25, 0.3) is 0 Å². The molecule has 0 radical (unpaired) electrons. The Morgan fingerprint density at radius 3 is 2.88 bits per heavy atom. The third kappa shape index (κ3) is 4.26. The minimum atomic E-state index is 0.0819. The van der Waals surface area contributed by atoms with Gasteiger partial charge in [0.1, 0.15) is 4.99 Å². The van der Waals surface area contributed by atoms with Crippen molar-refractivity contribution in [1.82, 2.24) is 0 Å². The predicted octanol–water partition coefficient (Wildman–Crippen LogP) is 1.87. The summed E-state index contributed by atoms with van der Waals surface area (Å²) in [5.74, 6) is 0. The Bertz CT molecular complexity index is 355. The highest BCUT2D eigenvalue weighted by Gasteiger charge is 2.03. The highest BCUT2D eigenvalue weighted by Crippen LogP contribution is 2.08. The van der Waals surface area contributed by atoms with Crippen LogP contribution in [0, 0.1) is 0 Å². The number of hydrogen-bond acceptors (Lipinski definition) is 3. The van der Waals surface area contributed by atoms with Crippen LogP contribution >= 0.6 is 12.2 Å². The van der Waals surface area contributed by atoms with Gasteiger partial charge in [-0.15, -0.1) is 0 Å². The lowest BCUT2D eigenvalue weighted by Gasteiger charge is -2.12. The summed E-state index contributed by atoms with van der Waals surface area (Å²) in [7, 11) is 1.66. The normalized spacial score (nSPS) is 12.4. The van der Waals surface area contributed by atoms with Crippen molar-refractivity contribution in [2.75, 3.05) is 13.7 Å². The van der Waals surface area contributed by atoms with Crippen LogP contribution in [0.4, 0.5) is 0 Å². The first kappa shape index (κ1) is 13.1. The second-order valence-electron chi connectivity index (χ2n) is 3.64. The van der Waals surface area contributed by atoms with Crippen LogP contribution in [0.15, 0.2) is 24.3 Å². The Kier molecular flexibility index (Phi) is 5.38. The second-order valence-corrected chi connectivity index (χ2v) is 4.08. The molecule has 0 spiro atoms. The first-order valence-corrected chi connectivity index (χ1v) is 5.53. The lowest BCUT2D eigenvalue weighted by molar-refractivity contribution is -0.000128. The molecular formula is C12H17NO2S. The molecule has 0 fully saturated rings. The van der Waals surface area contributed by atoms with Crippen LogP contribution in [-0.2, 0) is 16.1 Å². The first-order valence-electron chi connectivity index (χ1n) is 5.12. The fourth-order valence-corrected chi connectivity index (χ4v) is 1.46. The van der Waals surface area contributed by atoms with E-state index in [1.807, 2.05) is 31.2 Å². The van der Waals surface area contributed by atoms with Gasteiger partial charge < -0.3 is 15.2 Å². The lowest BCUT2D eigenvalue weighted by Crippen LogP contribution is -2.15. The molecule has 0 heterocycles. The molecule has 0 aliphatic carbocycles. The van der Waals surface area contributed by atoms with Crippen molar-refractivity contribution < 1.29 is 9.47 Å². The fraction of sp³-hybridized carbons (Fsp3) is 0.417. The Morgan fingerprint density at radius 2 is 2.25 bits per heavy atom. The number of hydrogen-bond donors (Lipinski definition) is 1. The van der Waals surface area contributed by atoms with Crippen molar-refractivity contribution in [1.29, 1.82) is 0 Å². The third-order valence-corrected chi connectivity index (χ3v) is 2.38. The molecule has 0 aliphatic rings. The summed E-state index contributed by atoms with van der Waals surface area (Å²) >= 11 is 4.92. The van der Waals surface area contributed by atoms with Gasteiger partial charge in [0, 0.05) is 12.7 Å². The van der Waals surface area contributed by atoms with E-state index in [2.05, 4.69) is 0 Å². The maximum atomic E-state index is 5.59. The van der Waals surface area contributed by atoms with E-state index in [4.69, 9.17) is 27.4 Å². The van der Waals surface area contributed by atoms with Crippen LogP contribution in [0.3, 0.4) is 0 Å². The molecular weight excluding hydrogens is 222 g/mol. The van der Waals surface area contributed by atoms with Gasteiger partial charge in [-0.1, -0.05) is 30.4 Å². The maximum absolute atomic E-state index is 5.59. The number of thiocarbonyl (C=S) groups is 1. The Balaban J connectivity index is 2.54. The molecule has 88 valence electrons. The summed E-state index contributed by atoms with van der Waals surface area (Å²) in [6.45, 7) is 3.11.